The summed E-state index contributed by atoms with van der Waals surface area (Å²) >= 11 is 0. The highest BCUT2D eigenvalue weighted by molar-refractivity contribution is 5.85. The number of hydrogen-bond acceptors (Lipinski definition) is 6. The Kier molecular flexibility index (Phi) is 6.69. The summed E-state index contributed by atoms with van der Waals surface area (Å²) < 4.78 is 25.8. The van der Waals surface area contributed by atoms with Gasteiger partial charge in [-0.1, -0.05) is 12.1 Å². The third-order valence-electron chi connectivity index (χ3n) is 4.94. The highest BCUT2D eigenvalue weighted by Crippen LogP contribution is 2.26. The topological polar surface area (TPSA) is 69.5 Å². The summed E-state index contributed by atoms with van der Waals surface area (Å²) in [5.41, 5.74) is 2.02. The van der Waals surface area contributed by atoms with Gasteiger partial charge in [0, 0.05) is 37.5 Å². The Morgan fingerprint density at radius 3 is 2.70 bits per heavy atom. The first-order chi connectivity index (χ1) is 14.0. The average molecular weight is 433 g/mol. The van der Waals surface area contributed by atoms with Crippen LogP contribution in [0.3, 0.4) is 0 Å². The summed E-state index contributed by atoms with van der Waals surface area (Å²) in [4.78, 5) is 23.4. The van der Waals surface area contributed by atoms with Crippen LogP contribution in [0.2, 0.25) is 0 Å². The largest absolute Gasteiger partial charge is 0.481 e. The molecule has 0 radical (unpaired) electrons. The van der Waals surface area contributed by atoms with Crippen LogP contribution in [0.15, 0.2) is 53.5 Å². The molecule has 9 heteroatoms. The Morgan fingerprint density at radius 1 is 1.20 bits per heavy atom. The zero-order valence-electron chi connectivity index (χ0n) is 16.6. The number of rotatable bonds is 4. The fourth-order valence-corrected chi connectivity index (χ4v) is 3.35. The number of methoxy groups -OCH3 is 1. The first-order valence-electron chi connectivity index (χ1n) is 9.25. The molecule has 2 aromatic heterocycles. The summed E-state index contributed by atoms with van der Waals surface area (Å²) in [6.45, 7) is 1.58. The molecule has 1 saturated heterocycles. The Labute approximate surface area is 179 Å². The van der Waals surface area contributed by atoms with Gasteiger partial charge in [0.15, 0.2) is 0 Å². The lowest BCUT2D eigenvalue weighted by molar-refractivity contribution is 0.0389. The van der Waals surface area contributed by atoms with Gasteiger partial charge in [-0.15, -0.1) is 12.4 Å². The van der Waals surface area contributed by atoms with E-state index < -0.39 is 0 Å². The van der Waals surface area contributed by atoms with Gasteiger partial charge in [-0.05, 0) is 23.8 Å². The van der Waals surface area contributed by atoms with Crippen molar-refractivity contribution >= 4 is 18.4 Å². The van der Waals surface area contributed by atoms with Gasteiger partial charge in [0.2, 0.25) is 11.8 Å². The molecule has 3 heterocycles. The van der Waals surface area contributed by atoms with Crippen LogP contribution < -0.4 is 15.2 Å². The number of morpholine rings is 1. The minimum Gasteiger partial charge on any atom is -0.481 e. The molecule has 3 aromatic rings. The molecule has 0 aliphatic carbocycles. The smallest absolute Gasteiger partial charge is 0.255 e. The first kappa shape index (κ1) is 21.7. The van der Waals surface area contributed by atoms with Crippen LogP contribution in [0.1, 0.15) is 11.7 Å². The third kappa shape index (κ3) is 4.44. The first-order valence-corrected chi connectivity index (χ1v) is 9.25. The van der Waals surface area contributed by atoms with Crippen molar-refractivity contribution in [2.24, 2.45) is 7.05 Å². The van der Waals surface area contributed by atoms with Gasteiger partial charge in [0.1, 0.15) is 11.9 Å². The summed E-state index contributed by atoms with van der Waals surface area (Å²) in [7, 11) is 3.24. The van der Waals surface area contributed by atoms with E-state index in [1.165, 1.54) is 29.9 Å². The van der Waals surface area contributed by atoms with E-state index in [0.29, 0.717) is 37.2 Å². The maximum Gasteiger partial charge on any atom is 0.255 e. The molecule has 158 valence electrons. The molecule has 1 aliphatic heterocycles. The molecule has 1 aliphatic rings. The molecule has 0 amide bonds. The number of benzene rings is 1. The minimum atomic E-state index is -0.286. The molecular formula is C21H22ClFN4O3. The van der Waals surface area contributed by atoms with E-state index in [-0.39, 0.29) is 29.9 Å². The van der Waals surface area contributed by atoms with E-state index >= 15 is 0 Å². The molecule has 0 unspecified atom stereocenters. The number of anilines is 1. The van der Waals surface area contributed by atoms with E-state index in [0.717, 1.165) is 11.1 Å². The molecular weight excluding hydrogens is 411 g/mol. The van der Waals surface area contributed by atoms with Crippen LogP contribution in [-0.2, 0) is 11.8 Å². The number of aromatic nitrogens is 3. The Hall–Kier alpha value is -2.97. The fourth-order valence-electron chi connectivity index (χ4n) is 3.35. The monoisotopic (exact) mass is 432 g/mol. The van der Waals surface area contributed by atoms with Crippen molar-refractivity contribution in [2.45, 2.75) is 6.10 Å². The molecule has 4 rings (SSSR count). The maximum atomic E-state index is 13.2. The lowest BCUT2D eigenvalue weighted by atomic mass is 10.1. The lowest BCUT2D eigenvalue weighted by Gasteiger charge is -2.34. The summed E-state index contributed by atoms with van der Waals surface area (Å²) in [5, 5.41) is 0. The van der Waals surface area contributed by atoms with Crippen molar-refractivity contribution in [2.75, 3.05) is 31.7 Å². The van der Waals surface area contributed by atoms with Crippen molar-refractivity contribution in [3.63, 3.8) is 0 Å². The average Bonchev–Trinajstić information content (AvgIpc) is 2.76. The van der Waals surface area contributed by atoms with E-state index in [1.54, 1.807) is 37.5 Å². The molecule has 0 spiro atoms. The molecule has 0 bridgehead atoms. The quantitative estimate of drug-likeness (QED) is 0.631. The van der Waals surface area contributed by atoms with E-state index in [2.05, 4.69) is 4.98 Å². The van der Waals surface area contributed by atoms with Crippen molar-refractivity contribution < 1.29 is 13.9 Å². The van der Waals surface area contributed by atoms with Crippen LogP contribution in [-0.4, -0.2) is 41.3 Å². The van der Waals surface area contributed by atoms with Crippen LogP contribution in [0, 0.1) is 5.82 Å². The normalized spacial score (nSPS) is 16.1. The Balaban J connectivity index is 0.00000256. The van der Waals surface area contributed by atoms with Gasteiger partial charge < -0.3 is 14.4 Å². The second-order valence-electron chi connectivity index (χ2n) is 6.78. The van der Waals surface area contributed by atoms with Crippen molar-refractivity contribution in [3.05, 3.63) is 70.4 Å². The van der Waals surface area contributed by atoms with Crippen molar-refractivity contribution in [1.82, 2.24) is 14.5 Å². The summed E-state index contributed by atoms with van der Waals surface area (Å²) in [5.74, 6) is 0.721. The number of pyridine rings is 1. The minimum absolute atomic E-state index is 0. The Bertz CT molecular complexity index is 1070. The molecule has 7 nitrogen and oxygen atoms in total. The summed E-state index contributed by atoms with van der Waals surface area (Å²) in [6, 6.07) is 11.3. The lowest BCUT2D eigenvalue weighted by Crippen LogP contribution is -2.41. The van der Waals surface area contributed by atoms with Gasteiger partial charge >= 0.3 is 0 Å². The fraction of sp³-hybridized carbons (Fsp3) is 0.286. The number of nitrogens with zero attached hydrogens (tertiary/aromatic N) is 4. The van der Waals surface area contributed by atoms with Crippen LogP contribution in [0.5, 0.6) is 5.88 Å². The Morgan fingerprint density at radius 2 is 1.97 bits per heavy atom. The molecule has 1 fully saturated rings. The molecule has 0 saturated carbocycles. The van der Waals surface area contributed by atoms with Gasteiger partial charge in [-0.3, -0.25) is 9.36 Å². The van der Waals surface area contributed by atoms with Gasteiger partial charge in [0.25, 0.3) is 5.56 Å². The standard InChI is InChI=1S/C21H21FN4O3.ClH/c1-25-20(27)12-17(15-7-8-23-19(11-15)28-2)24-21(25)26-9-10-29-18(13-26)14-3-5-16(22)6-4-14;/h3-8,11-12,18H,9-10,13H2,1-2H3;1H/t18-;/m1./s1. The maximum absolute atomic E-state index is 13.2. The van der Waals surface area contributed by atoms with Gasteiger partial charge in [-0.25, -0.2) is 14.4 Å². The van der Waals surface area contributed by atoms with Crippen molar-refractivity contribution in [3.8, 4) is 17.1 Å². The predicted molar refractivity (Wildman–Crippen MR) is 114 cm³/mol. The van der Waals surface area contributed by atoms with Crippen LogP contribution in [0.4, 0.5) is 10.3 Å². The molecule has 1 aromatic carbocycles. The third-order valence-corrected chi connectivity index (χ3v) is 4.94. The van der Waals surface area contributed by atoms with E-state index in [1.807, 2.05) is 4.90 Å². The summed E-state index contributed by atoms with van der Waals surface area (Å²) in [6.07, 6.45) is 1.39. The predicted octanol–water partition coefficient (Wildman–Crippen LogP) is 2.99. The second kappa shape index (κ2) is 9.23. The molecule has 1 atom stereocenters. The SMILES string of the molecule is COc1cc(-c2cc(=O)n(C)c(N3CCO[C@@H](c4ccc(F)cc4)C3)n2)ccn1.Cl. The molecule has 30 heavy (non-hydrogen) atoms. The van der Waals surface area contributed by atoms with Gasteiger partial charge in [0.05, 0.1) is 26.0 Å². The molecule has 0 N–H and O–H groups in total. The number of ether oxygens (including phenoxy) is 2. The van der Waals surface area contributed by atoms with E-state index in [4.69, 9.17) is 14.5 Å². The number of halogens is 2. The van der Waals surface area contributed by atoms with E-state index in [9.17, 15) is 9.18 Å². The van der Waals surface area contributed by atoms with Crippen molar-refractivity contribution in [1.29, 1.82) is 0 Å². The highest BCUT2D eigenvalue weighted by Gasteiger charge is 2.25. The second-order valence-corrected chi connectivity index (χ2v) is 6.78. The highest BCUT2D eigenvalue weighted by atomic mass is 35.5. The van der Waals surface area contributed by atoms with Crippen LogP contribution >= 0.6 is 12.4 Å². The van der Waals surface area contributed by atoms with Gasteiger partial charge in [-0.2, -0.15) is 0 Å². The zero-order chi connectivity index (χ0) is 20.4. The zero-order valence-corrected chi connectivity index (χ0v) is 17.4. The number of hydrogen-bond donors (Lipinski definition) is 0. The van der Waals surface area contributed by atoms with Crippen LogP contribution in [0.25, 0.3) is 11.3 Å².